The highest BCUT2D eigenvalue weighted by Gasteiger charge is 2.15. The Labute approximate surface area is 111 Å². The molecule has 5 nitrogen and oxygen atoms in total. The van der Waals surface area contributed by atoms with E-state index < -0.39 is 9.84 Å². The largest absolute Gasteiger partial charge is 0.377 e. The van der Waals surface area contributed by atoms with Crippen LogP contribution in [-0.2, 0) is 14.6 Å². The zero-order valence-corrected chi connectivity index (χ0v) is 12.3. The van der Waals surface area contributed by atoms with Crippen molar-refractivity contribution in [2.75, 3.05) is 51.8 Å². The summed E-state index contributed by atoms with van der Waals surface area (Å²) in [5, 5.41) is 3.15. The molecule has 1 aliphatic heterocycles. The quantitative estimate of drug-likeness (QED) is 0.639. The molecule has 0 bridgehead atoms. The molecule has 0 amide bonds. The van der Waals surface area contributed by atoms with Crippen molar-refractivity contribution in [1.82, 2.24) is 10.2 Å². The Morgan fingerprint density at radius 2 is 2.11 bits per heavy atom. The van der Waals surface area contributed by atoms with Gasteiger partial charge in [0.15, 0.2) is 0 Å². The highest BCUT2D eigenvalue weighted by molar-refractivity contribution is 7.90. The third-order valence-corrected chi connectivity index (χ3v) is 4.05. The first-order chi connectivity index (χ1) is 8.47. The lowest BCUT2D eigenvalue weighted by atomic mass is 10.1. The summed E-state index contributed by atoms with van der Waals surface area (Å²) in [6, 6.07) is 0. The van der Waals surface area contributed by atoms with Crippen molar-refractivity contribution in [3.63, 3.8) is 0 Å². The number of rotatable bonds is 8. The number of likely N-dealkylation sites (N-methyl/N-ethyl adjacent to an activating group) is 1. The summed E-state index contributed by atoms with van der Waals surface area (Å²) in [5.41, 5.74) is 0. The van der Waals surface area contributed by atoms with Crippen LogP contribution in [0.15, 0.2) is 0 Å². The highest BCUT2D eigenvalue weighted by Crippen LogP contribution is 2.12. The number of hydrogen-bond acceptors (Lipinski definition) is 5. The van der Waals surface area contributed by atoms with Gasteiger partial charge in [0.1, 0.15) is 9.84 Å². The first-order valence-electron chi connectivity index (χ1n) is 6.66. The predicted molar refractivity (Wildman–Crippen MR) is 73.7 cm³/mol. The second-order valence-electron chi connectivity index (χ2n) is 5.13. The molecule has 1 fully saturated rings. The molecule has 0 spiro atoms. The summed E-state index contributed by atoms with van der Waals surface area (Å²) in [6.07, 6.45) is 5.26. The molecule has 6 heteroatoms. The van der Waals surface area contributed by atoms with Crippen molar-refractivity contribution in [3.8, 4) is 0 Å². The molecule has 0 aromatic heterocycles. The van der Waals surface area contributed by atoms with Crippen LogP contribution in [-0.4, -0.2) is 71.3 Å². The molecule has 1 aliphatic rings. The van der Waals surface area contributed by atoms with E-state index in [4.69, 9.17) is 4.74 Å². The standard InChI is InChI=1S/C12H26N2O3S/c1-14(11-12-5-3-4-9-17-12)8-6-13-7-10-18(2,15)16/h12-13H,3-11H2,1-2H3. The van der Waals surface area contributed by atoms with Gasteiger partial charge in [0.25, 0.3) is 0 Å². The number of ether oxygens (including phenoxy) is 1. The van der Waals surface area contributed by atoms with E-state index in [0.29, 0.717) is 12.6 Å². The van der Waals surface area contributed by atoms with Crippen molar-refractivity contribution in [2.24, 2.45) is 0 Å². The molecule has 0 saturated carbocycles. The normalized spacial score (nSPS) is 21.4. The van der Waals surface area contributed by atoms with Crippen molar-refractivity contribution in [1.29, 1.82) is 0 Å². The SMILES string of the molecule is CN(CCNCCS(C)(=O)=O)CC1CCCCO1. The second-order valence-corrected chi connectivity index (χ2v) is 7.39. The molecule has 1 N–H and O–H groups in total. The van der Waals surface area contributed by atoms with Gasteiger partial charge in [-0.25, -0.2) is 8.42 Å². The molecule has 1 unspecified atom stereocenters. The summed E-state index contributed by atoms with van der Waals surface area (Å²) >= 11 is 0. The monoisotopic (exact) mass is 278 g/mol. The number of hydrogen-bond donors (Lipinski definition) is 1. The van der Waals surface area contributed by atoms with E-state index in [0.717, 1.165) is 32.7 Å². The van der Waals surface area contributed by atoms with Crippen LogP contribution >= 0.6 is 0 Å². The van der Waals surface area contributed by atoms with Crippen molar-refractivity contribution >= 4 is 9.84 Å². The van der Waals surface area contributed by atoms with E-state index in [1.807, 2.05) is 0 Å². The average molecular weight is 278 g/mol. The van der Waals surface area contributed by atoms with Crippen molar-refractivity contribution < 1.29 is 13.2 Å². The van der Waals surface area contributed by atoms with Crippen LogP contribution in [0.5, 0.6) is 0 Å². The zero-order chi connectivity index (χ0) is 13.4. The van der Waals surface area contributed by atoms with Gasteiger partial charge in [-0.2, -0.15) is 0 Å². The van der Waals surface area contributed by atoms with Crippen LogP contribution in [0.1, 0.15) is 19.3 Å². The molecular formula is C12H26N2O3S. The van der Waals surface area contributed by atoms with E-state index in [9.17, 15) is 8.42 Å². The van der Waals surface area contributed by atoms with Crippen LogP contribution in [0.4, 0.5) is 0 Å². The van der Waals surface area contributed by atoms with Crippen molar-refractivity contribution in [3.05, 3.63) is 0 Å². The molecule has 1 saturated heterocycles. The lowest BCUT2D eigenvalue weighted by Crippen LogP contribution is -2.37. The maximum Gasteiger partial charge on any atom is 0.148 e. The third-order valence-electron chi connectivity index (χ3n) is 3.11. The molecule has 0 aliphatic carbocycles. The van der Waals surface area contributed by atoms with E-state index in [2.05, 4.69) is 17.3 Å². The Kier molecular flexibility index (Phi) is 7.14. The molecular weight excluding hydrogens is 252 g/mol. The molecule has 1 atom stereocenters. The fourth-order valence-corrected chi connectivity index (χ4v) is 2.56. The summed E-state index contributed by atoms with van der Waals surface area (Å²) in [6.45, 7) is 4.13. The summed E-state index contributed by atoms with van der Waals surface area (Å²) in [4.78, 5) is 2.24. The predicted octanol–water partition coefficient (Wildman–Crippen LogP) is 0.122. The topological polar surface area (TPSA) is 58.6 Å². The van der Waals surface area contributed by atoms with Crippen LogP contribution in [0.25, 0.3) is 0 Å². The van der Waals surface area contributed by atoms with Gasteiger partial charge in [0, 0.05) is 39.0 Å². The minimum Gasteiger partial charge on any atom is -0.377 e. The van der Waals surface area contributed by atoms with Crippen LogP contribution < -0.4 is 5.32 Å². The van der Waals surface area contributed by atoms with E-state index >= 15 is 0 Å². The Morgan fingerprint density at radius 1 is 1.33 bits per heavy atom. The van der Waals surface area contributed by atoms with Gasteiger partial charge in [-0.05, 0) is 26.3 Å². The van der Waals surface area contributed by atoms with Gasteiger partial charge in [0.2, 0.25) is 0 Å². The fourth-order valence-electron chi connectivity index (χ4n) is 2.04. The Bertz CT molecular complexity index is 313. The number of sulfone groups is 1. The summed E-state index contributed by atoms with van der Waals surface area (Å²) in [5.74, 6) is 0.211. The van der Waals surface area contributed by atoms with Crippen LogP contribution in [0.3, 0.4) is 0 Å². The molecule has 0 aromatic rings. The molecule has 108 valence electrons. The average Bonchev–Trinajstić information content (AvgIpc) is 2.28. The summed E-state index contributed by atoms with van der Waals surface area (Å²) < 4.78 is 27.5. The zero-order valence-electron chi connectivity index (χ0n) is 11.5. The Hall–Kier alpha value is -0.170. The molecule has 1 heterocycles. The molecule has 0 radical (unpaired) electrons. The van der Waals surface area contributed by atoms with Gasteiger partial charge in [-0.15, -0.1) is 0 Å². The third kappa shape index (κ3) is 8.02. The molecule has 18 heavy (non-hydrogen) atoms. The van der Waals surface area contributed by atoms with Crippen LogP contribution in [0.2, 0.25) is 0 Å². The highest BCUT2D eigenvalue weighted by atomic mass is 32.2. The van der Waals surface area contributed by atoms with Crippen molar-refractivity contribution in [2.45, 2.75) is 25.4 Å². The lowest BCUT2D eigenvalue weighted by Gasteiger charge is -2.27. The van der Waals surface area contributed by atoms with E-state index in [1.54, 1.807) is 0 Å². The smallest absolute Gasteiger partial charge is 0.148 e. The van der Waals surface area contributed by atoms with Gasteiger partial charge in [0.05, 0.1) is 11.9 Å². The minimum absolute atomic E-state index is 0.211. The summed E-state index contributed by atoms with van der Waals surface area (Å²) in [7, 11) is -0.764. The van der Waals surface area contributed by atoms with E-state index in [1.165, 1.54) is 19.1 Å². The Morgan fingerprint density at radius 3 is 2.72 bits per heavy atom. The number of nitrogens with zero attached hydrogens (tertiary/aromatic N) is 1. The second kappa shape index (κ2) is 8.09. The number of nitrogens with one attached hydrogen (secondary N) is 1. The molecule has 1 rings (SSSR count). The maximum atomic E-state index is 10.9. The molecule has 0 aromatic carbocycles. The lowest BCUT2D eigenvalue weighted by molar-refractivity contribution is -0.00120. The Balaban J connectivity index is 2.01. The maximum absolute atomic E-state index is 10.9. The van der Waals surface area contributed by atoms with Crippen LogP contribution in [0, 0.1) is 0 Å². The van der Waals surface area contributed by atoms with Gasteiger partial charge < -0.3 is 15.0 Å². The van der Waals surface area contributed by atoms with Gasteiger partial charge >= 0.3 is 0 Å². The fraction of sp³-hybridized carbons (Fsp3) is 1.00. The van der Waals surface area contributed by atoms with Gasteiger partial charge in [-0.3, -0.25) is 0 Å². The van der Waals surface area contributed by atoms with Gasteiger partial charge in [-0.1, -0.05) is 0 Å². The van der Waals surface area contributed by atoms with E-state index in [-0.39, 0.29) is 5.75 Å². The first-order valence-corrected chi connectivity index (χ1v) is 8.72. The minimum atomic E-state index is -2.84. The first kappa shape index (κ1) is 15.9.